The van der Waals surface area contributed by atoms with E-state index in [4.69, 9.17) is 5.11 Å². The highest BCUT2D eigenvalue weighted by atomic mass is 19.4. The van der Waals surface area contributed by atoms with E-state index < -0.39 is 17.8 Å². The van der Waals surface area contributed by atoms with Crippen molar-refractivity contribution in [2.75, 3.05) is 11.9 Å². The van der Waals surface area contributed by atoms with E-state index in [1.807, 2.05) is 0 Å². The number of carboxylic acids is 1. The number of aromatic nitrogens is 4. The smallest absolute Gasteiger partial charge is 0.433 e. The molecule has 0 radical (unpaired) electrons. The zero-order valence-electron chi connectivity index (χ0n) is 11.7. The van der Waals surface area contributed by atoms with Crippen LogP contribution in [0.25, 0.3) is 0 Å². The van der Waals surface area contributed by atoms with Gasteiger partial charge in [-0.1, -0.05) is 0 Å². The number of anilines is 1. The minimum atomic E-state index is -4.66. The summed E-state index contributed by atoms with van der Waals surface area (Å²) < 4.78 is 39.6. The third kappa shape index (κ3) is 3.32. The Morgan fingerprint density at radius 3 is 2.59 bits per heavy atom. The highest BCUT2D eigenvalue weighted by molar-refractivity contribution is 5.93. The van der Waals surface area contributed by atoms with Crippen molar-refractivity contribution in [2.24, 2.45) is 7.05 Å². The van der Waals surface area contributed by atoms with Crippen molar-refractivity contribution >= 4 is 11.8 Å². The lowest BCUT2D eigenvalue weighted by molar-refractivity contribution is -0.141. The Bertz CT molecular complexity index is 698. The van der Waals surface area contributed by atoms with Crippen LogP contribution in [0.5, 0.6) is 0 Å². The Labute approximate surface area is 123 Å². The van der Waals surface area contributed by atoms with Crippen LogP contribution in [0.2, 0.25) is 0 Å². The standard InChI is InChI=1S/C12H12F3N5O2/c1-19(5-9-16-6-20(2)18-9)10-7(11(21)22)3-4-8(17-10)12(13,14)15/h3-4,6H,5H2,1-2H3,(H,21,22). The van der Waals surface area contributed by atoms with Crippen LogP contribution >= 0.6 is 0 Å². The van der Waals surface area contributed by atoms with Gasteiger partial charge < -0.3 is 10.0 Å². The summed E-state index contributed by atoms with van der Waals surface area (Å²) >= 11 is 0. The summed E-state index contributed by atoms with van der Waals surface area (Å²) in [7, 11) is 3.06. The molecular formula is C12H12F3N5O2. The Morgan fingerprint density at radius 1 is 1.41 bits per heavy atom. The van der Waals surface area contributed by atoms with Gasteiger partial charge in [0.25, 0.3) is 0 Å². The summed E-state index contributed by atoms with van der Waals surface area (Å²) in [5, 5.41) is 13.1. The molecule has 0 atom stereocenters. The van der Waals surface area contributed by atoms with E-state index in [0.717, 1.165) is 6.07 Å². The number of hydrogen-bond acceptors (Lipinski definition) is 5. The SMILES string of the molecule is CN(Cc1ncn(C)n1)c1nc(C(F)(F)F)ccc1C(=O)O. The lowest BCUT2D eigenvalue weighted by atomic mass is 10.2. The quantitative estimate of drug-likeness (QED) is 0.922. The minimum absolute atomic E-state index is 0.0232. The van der Waals surface area contributed by atoms with Crippen LogP contribution in [0.4, 0.5) is 19.0 Å². The maximum atomic E-state index is 12.7. The lowest BCUT2D eigenvalue weighted by Gasteiger charge is -2.19. The van der Waals surface area contributed by atoms with Gasteiger partial charge in [-0.3, -0.25) is 4.68 Å². The minimum Gasteiger partial charge on any atom is -0.478 e. The van der Waals surface area contributed by atoms with E-state index in [1.165, 1.54) is 23.0 Å². The van der Waals surface area contributed by atoms with Crippen molar-refractivity contribution in [3.8, 4) is 0 Å². The van der Waals surface area contributed by atoms with Crippen molar-refractivity contribution in [1.29, 1.82) is 0 Å². The summed E-state index contributed by atoms with van der Waals surface area (Å²) in [6, 6.07) is 1.52. The molecule has 0 unspecified atom stereocenters. The fourth-order valence-corrected chi connectivity index (χ4v) is 1.81. The fourth-order valence-electron chi connectivity index (χ4n) is 1.81. The van der Waals surface area contributed by atoms with Gasteiger partial charge in [0.15, 0.2) is 5.82 Å². The normalized spacial score (nSPS) is 11.5. The molecule has 0 bridgehead atoms. The second-order valence-corrected chi connectivity index (χ2v) is 4.56. The van der Waals surface area contributed by atoms with Crippen LogP contribution in [-0.4, -0.2) is 37.9 Å². The van der Waals surface area contributed by atoms with E-state index >= 15 is 0 Å². The number of rotatable bonds is 4. The number of pyridine rings is 1. The summed E-state index contributed by atoms with van der Waals surface area (Å²) in [6.07, 6.45) is -3.23. The molecule has 0 aromatic carbocycles. The number of carboxylic acid groups (broad SMARTS) is 1. The lowest BCUT2D eigenvalue weighted by Crippen LogP contribution is -2.23. The van der Waals surface area contributed by atoms with Crippen LogP contribution in [0.1, 0.15) is 21.9 Å². The monoisotopic (exact) mass is 315 g/mol. The average Bonchev–Trinajstić information content (AvgIpc) is 2.82. The fraction of sp³-hybridized carbons (Fsp3) is 0.333. The van der Waals surface area contributed by atoms with Crippen molar-refractivity contribution in [3.63, 3.8) is 0 Å². The van der Waals surface area contributed by atoms with Gasteiger partial charge in [-0.15, -0.1) is 0 Å². The van der Waals surface area contributed by atoms with E-state index in [2.05, 4.69) is 15.1 Å². The molecule has 22 heavy (non-hydrogen) atoms. The number of alkyl halides is 3. The molecule has 2 aromatic rings. The Morgan fingerprint density at radius 2 is 2.09 bits per heavy atom. The Kier molecular flexibility index (Phi) is 4.02. The molecule has 0 aliphatic carbocycles. The first-order valence-electron chi connectivity index (χ1n) is 6.05. The molecular weight excluding hydrogens is 303 g/mol. The molecule has 0 saturated heterocycles. The highest BCUT2D eigenvalue weighted by Crippen LogP contribution is 2.30. The van der Waals surface area contributed by atoms with Gasteiger partial charge in [0.05, 0.1) is 6.54 Å². The number of nitrogens with zero attached hydrogens (tertiary/aromatic N) is 5. The molecule has 0 spiro atoms. The van der Waals surface area contributed by atoms with Crippen molar-refractivity contribution in [3.05, 3.63) is 35.5 Å². The maximum Gasteiger partial charge on any atom is 0.433 e. The number of carbonyl (C=O) groups is 1. The van der Waals surface area contributed by atoms with Crippen LogP contribution in [0.3, 0.4) is 0 Å². The molecule has 10 heteroatoms. The molecule has 2 heterocycles. The van der Waals surface area contributed by atoms with Gasteiger partial charge >= 0.3 is 12.1 Å². The van der Waals surface area contributed by atoms with Gasteiger partial charge in [-0.05, 0) is 12.1 Å². The molecule has 1 N–H and O–H groups in total. The largest absolute Gasteiger partial charge is 0.478 e. The van der Waals surface area contributed by atoms with Gasteiger partial charge in [0.1, 0.15) is 23.4 Å². The second-order valence-electron chi connectivity index (χ2n) is 4.56. The summed E-state index contributed by atoms with van der Waals surface area (Å²) in [5.41, 5.74) is -1.49. The van der Waals surface area contributed by atoms with Crippen LogP contribution in [0, 0.1) is 0 Å². The first kappa shape index (κ1) is 15.7. The molecule has 0 amide bonds. The topological polar surface area (TPSA) is 84.1 Å². The Hall–Kier alpha value is -2.65. The van der Waals surface area contributed by atoms with Crippen molar-refractivity contribution in [1.82, 2.24) is 19.7 Å². The number of aryl methyl sites for hydroxylation is 1. The summed E-state index contributed by atoms with van der Waals surface area (Å²) in [6.45, 7) is 0.0232. The molecule has 7 nitrogen and oxygen atoms in total. The molecule has 0 aliphatic rings. The second kappa shape index (κ2) is 5.62. The number of halogens is 3. The van der Waals surface area contributed by atoms with E-state index in [0.29, 0.717) is 11.9 Å². The van der Waals surface area contributed by atoms with Gasteiger partial charge in [-0.2, -0.15) is 18.3 Å². The third-order valence-corrected chi connectivity index (χ3v) is 2.78. The average molecular weight is 315 g/mol. The highest BCUT2D eigenvalue weighted by Gasteiger charge is 2.34. The number of hydrogen-bond donors (Lipinski definition) is 1. The van der Waals surface area contributed by atoms with Crippen LogP contribution in [-0.2, 0) is 19.8 Å². The molecule has 0 aliphatic heterocycles. The Balaban J connectivity index is 2.39. The molecule has 118 valence electrons. The molecule has 2 aromatic heterocycles. The van der Waals surface area contributed by atoms with Gasteiger partial charge in [0.2, 0.25) is 0 Å². The molecule has 0 fully saturated rings. The molecule has 0 saturated carbocycles. The zero-order valence-corrected chi connectivity index (χ0v) is 11.7. The first-order valence-corrected chi connectivity index (χ1v) is 6.05. The maximum absolute atomic E-state index is 12.7. The predicted octanol–water partition coefficient (Wildman–Crippen LogP) is 1.56. The predicted molar refractivity (Wildman–Crippen MR) is 69.3 cm³/mol. The van der Waals surface area contributed by atoms with Crippen molar-refractivity contribution in [2.45, 2.75) is 12.7 Å². The van der Waals surface area contributed by atoms with E-state index in [1.54, 1.807) is 7.05 Å². The van der Waals surface area contributed by atoms with Crippen LogP contribution < -0.4 is 4.90 Å². The van der Waals surface area contributed by atoms with Crippen molar-refractivity contribution < 1.29 is 23.1 Å². The first-order chi connectivity index (χ1) is 10.2. The van der Waals surface area contributed by atoms with Crippen LogP contribution in [0.15, 0.2) is 18.5 Å². The van der Waals surface area contributed by atoms with E-state index in [9.17, 15) is 18.0 Å². The van der Waals surface area contributed by atoms with Gasteiger partial charge in [-0.25, -0.2) is 14.8 Å². The summed E-state index contributed by atoms with van der Waals surface area (Å²) in [5.74, 6) is -1.33. The van der Waals surface area contributed by atoms with E-state index in [-0.39, 0.29) is 17.9 Å². The molecule has 2 rings (SSSR count). The zero-order chi connectivity index (χ0) is 16.5. The third-order valence-electron chi connectivity index (χ3n) is 2.78. The summed E-state index contributed by atoms with van der Waals surface area (Å²) in [4.78, 5) is 19.8. The van der Waals surface area contributed by atoms with Gasteiger partial charge in [0, 0.05) is 14.1 Å². The number of aromatic carboxylic acids is 1.